The highest BCUT2D eigenvalue weighted by Crippen LogP contribution is 2.32. The van der Waals surface area contributed by atoms with E-state index in [-0.39, 0.29) is 5.57 Å². The number of hydrogen-bond donors (Lipinski definition) is 3. The van der Waals surface area contributed by atoms with Crippen molar-refractivity contribution in [2.45, 2.75) is 18.6 Å². The summed E-state index contributed by atoms with van der Waals surface area (Å²) in [6.45, 7) is 9.93. The molecule has 37 heavy (non-hydrogen) atoms. The topological polar surface area (TPSA) is 138 Å². The number of nitrogens with zero attached hydrogens (tertiary/aromatic N) is 5. The molecule has 0 spiro atoms. The number of morpholine rings is 1. The molecule has 0 aromatic carbocycles. The summed E-state index contributed by atoms with van der Waals surface area (Å²) in [4.78, 5) is 30.9. The van der Waals surface area contributed by atoms with E-state index in [0.717, 1.165) is 50.7 Å². The van der Waals surface area contributed by atoms with E-state index in [1.54, 1.807) is 14.2 Å². The number of aliphatic imine (C=N–C) groups is 3. The summed E-state index contributed by atoms with van der Waals surface area (Å²) >= 11 is 0. The van der Waals surface area contributed by atoms with E-state index in [2.05, 4.69) is 32.1 Å². The van der Waals surface area contributed by atoms with Crippen LogP contribution >= 0.6 is 0 Å². The van der Waals surface area contributed by atoms with Crippen LogP contribution in [0.1, 0.15) is 6.42 Å². The van der Waals surface area contributed by atoms with E-state index >= 15 is 0 Å². The number of fused-ring (bicyclic) bond motifs is 3. The SMILES string of the molecule is C=C(N=C/C(=C\N)C(=O)NC1=NC2C(=CC=C(OCCCN3CCOCC3)C2OC)C2=NCCN12)NC. The largest absolute Gasteiger partial charge is 0.495 e. The molecule has 4 aliphatic rings. The lowest BCUT2D eigenvalue weighted by Crippen LogP contribution is -2.54. The molecule has 12 nitrogen and oxygen atoms in total. The van der Waals surface area contributed by atoms with Gasteiger partial charge in [-0.25, -0.2) is 9.98 Å². The number of carbonyl (C=O) groups excluding carboxylic acids is 1. The molecule has 4 rings (SSSR count). The summed E-state index contributed by atoms with van der Waals surface area (Å²) in [5, 5.41) is 5.66. The Balaban J connectivity index is 1.46. The van der Waals surface area contributed by atoms with Crippen LogP contribution in [0.5, 0.6) is 0 Å². The van der Waals surface area contributed by atoms with E-state index in [1.165, 1.54) is 12.4 Å². The Labute approximate surface area is 217 Å². The Morgan fingerprint density at radius 2 is 2.16 bits per heavy atom. The fourth-order valence-corrected chi connectivity index (χ4v) is 4.47. The minimum atomic E-state index is -0.439. The standard InChI is InChI=1S/C25H36N8O4/c1-17(27-2)29-16-18(15-26)24(34)31-25-30-21-19(23-28-7-9-33(23)25)5-6-20(22(21)35-3)37-12-4-8-32-10-13-36-14-11-32/h5-6,15-16,21-22,27H,1,4,7-14,26H2,2-3H3,(H,30,31,34)/b18-15+,29-16?. The second-order valence-electron chi connectivity index (χ2n) is 8.79. The average molecular weight is 513 g/mol. The van der Waals surface area contributed by atoms with Gasteiger partial charge in [0.25, 0.3) is 5.91 Å². The molecular weight excluding hydrogens is 476 g/mol. The highest BCUT2D eigenvalue weighted by atomic mass is 16.5. The first-order valence-electron chi connectivity index (χ1n) is 12.5. The van der Waals surface area contributed by atoms with Crippen molar-refractivity contribution in [1.29, 1.82) is 0 Å². The molecule has 1 amide bonds. The molecule has 12 heteroatoms. The Morgan fingerprint density at radius 1 is 1.35 bits per heavy atom. The summed E-state index contributed by atoms with van der Waals surface area (Å²) < 4.78 is 17.4. The van der Waals surface area contributed by atoms with Crippen molar-refractivity contribution in [3.63, 3.8) is 0 Å². The molecular formula is C25H36N8O4. The fraction of sp³-hybridized carbons (Fsp3) is 0.520. The Bertz CT molecular complexity index is 1050. The van der Waals surface area contributed by atoms with Gasteiger partial charge in [-0.1, -0.05) is 6.58 Å². The summed E-state index contributed by atoms with van der Waals surface area (Å²) in [7, 11) is 3.32. The van der Waals surface area contributed by atoms with Crippen LogP contribution in [-0.2, 0) is 19.0 Å². The summed E-state index contributed by atoms with van der Waals surface area (Å²) in [5.74, 6) is 1.84. The van der Waals surface area contributed by atoms with Gasteiger partial charge in [-0.3, -0.25) is 24.9 Å². The number of nitrogens with two attached hydrogens (primary N) is 1. The van der Waals surface area contributed by atoms with E-state index < -0.39 is 18.1 Å². The van der Waals surface area contributed by atoms with Crippen molar-refractivity contribution in [2.24, 2.45) is 20.7 Å². The molecule has 1 saturated heterocycles. The van der Waals surface area contributed by atoms with Gasteiger partial charge in [0, 0.05) is 58.3 Å². The Hall–Kier alpha value is -3.48. The van der Waals surface area contributed by atoms with Crippen molar-refractivity contribution >= 4 is 23.9 Å². The molecule has 0 aromatic heterocycles. The molecule has 0 saturated carbocycles. The molecule has 0 bridgehead atoms. The Morgan fingerprint density at radius 3 is 2.89 bits per heavy atom. The summed E-state index contributed by atoms with van der Waals surface area (Å²) in [6.07, 6.45) is 6.93. The van der Waals surface area contributed by atoms with Gasteiger partial charge in [0.2, 0.25) is 5.96 Å². The summed E-state index contributed by atoms with van der Waals surface area (Å²) in [5.41, 5.74) is 6.79. The lowest BCUT2D eigenvalue weighted by atomic mass is 9.92. The maximum atomic E-state index is 13.0. The fourth-order valence-electron chi connectivity index (χ4n) is 4.47. The molecule has 0 aromatic rings. The third-order valence-electron chi connectivity index (χ3n) is 6.49. The van der Waals surface area contributed by atoms with Crippen molar-refractivity contribution in [2.75, 3.05) is 66.7 Å². The summed E-state index contributed by atoms with van der Waals surface area (Å²) in [6, 6.07) is -0.407. The maximum Gasteiger partial charge on any atom is 0.260 e. The second-order valence-corrected chi connectivity index (χ2v) is 8.79. The van der Waals surface area contributed by atoms with Gasteiger partial charge in [-0.2, -0.15) is 0 Å². The van der Waals surface area contributed by atoms with Crippen molar-refractivity contribution < 1.29 is 19.0 Å². The smallest absolute Gasteiger partial charge is 0.260 e. The normalized spacial score (nSPS) is 23.9. The zero-order valence-corrected chi connectivity index (χ0v) is 21.5. The van der Waals surface area contributed by atoms with E-state index in [1.807, 2.05) is 17.1 Å². The molecule has 3 aliphatic heterocycles. The van der Waals surface area contributed by atoms with Gasteiger partial charge < -0.3 is 25.3 Å². The van der Waals surface area contributed by atoms with Gasteiger partial charge in [0.1, 0.15) is 29.6 Å². The number of guanidine groups is 1. The monoisotopic (exact) mass is 512 g/mol. The third kappa shape index (κ3) is 6.27. The first kappa shape index (κ1) is 26.6. The van der Waals surface area contributed by atoms with Gasteiger partial charge in [0.05, 0.1) is 31.9 Å². The molecule has 1 fully saturated rings. The molecule has 2 unspecified atom stereocenters. The minimum absolute atomic E-state index is 0.175. The first-order valence-corrected chi connectivity index (χ1v) is 12.5. The van der Waals surface area contributed by atoms with Crippen LogP contribution < -0.4 is 16.4 Å². The number of hydrogen-bond acceptors (Lipinski definition) is 11. The van der Waals surface area contributed by atoms with E-state index in [9.17, 15) is 4.79 Å². The van der Waals surface area contributed by atoms with Crippen LogP contribution in [0.15, 0.2) is 62.6 Å². The number of rotatable bonds is 10. The maximum absolute atomic E-state index is 13.0. The molecule has 0 radical (unpaired) electrons. The first-order chi connectivity index (χ1) is 18.0. The van der Waals surface area contributed by atoms with E-state index in [0.29, 0.717) is 37.2 Å². The van der Waals surface area contributed by atoms with Crippen LogP contribution in [0.25, 0.3) is 0 Å². The average Bonchev–Trinajstić information content (AvgIpc) is 3.42. The van der Waals surface area contributed by atoms with Crippen LogP contribution in [0, 0.1) is 0 Å². The molecule has 2 atom stereocenters. The second kappa shape index (κ2) is 12.7. The lowest BCUT2D eigenvalue weighted by molar-refractivity contribution is -0.115. The number of nitrogens with one attached hydrogen (secondary N) is 2. The number of amidine groups is 1. The molecule has 200 valence electrons. The van der Waals surface area contributed by atoms with Gasteiger partial charge >= 0.3 is 0 Å². The molecule has 4 N–H and O–H groups in total. The van der Waals surface area contributed by atoms with Crippen LogP contribution in [0.2, 0.25) is 0 Å². The molecule has 1 aliphatic carbocycles. The van der Waals surface area contributed by atoms with Crippen LogP contribution in [0.4, 0.5) is 0 Å². The number of amides is 1. The van der Waals surface area contributed by atoms with Crippen LogP contribution in [-0.4, -0.2) is 113 Å². The zero-order valence-electron chi connectivity index (χ0n) is 21.5. The van der Waals surface area contributed by atoms with Gasteiger partial charge in [-0.05, 0) is 18.6 Å². The highest BCUT2D eigenvalue weighted by Gasteiger charge is 2.42. The van der Waals surface area contributed by atoms with Crippen molar-refractivity contribution in [3.8, 4) is 0 Å². The zero-order chi connectivity index (χ0) is 26.2. The van der Waals surface area contributed by atoms with Crippen LogP contribution in [0.3, 0.4) is 0 Å². The van der Waals surface area contributed by atoms with Gasteiger partial charge in [0.15, 0.2) is 0 Å². The number of allylic oxidation sites excluding steroid dienone is 2. The van der Waals surface area contributed by atoms with Crippen molar-refractivity contribution in [1.82, 2.24) is 20.4 Å². The lowest BCUT2D eigenvalue weighted by Gasteiger charge is -2.37. The Kier molecular flexibility index (Phi) is 9.09. The molecule has 3 heterocycles. The predicted molar refractivity (Wildman–Crippen MR) is 142 cm³/mol. The third-order valence-corrected chi connectivity index (χ3v) is 6.49. The predicted octanol–water partition coefficient (Wildman–Crippen LogP) is -0.263. The highest BCUT2D eigenvalue weighted by molar-refractivity contribution is 6.21. The number of methoxy groups -OCH3 is 1. The minimum Gasteiger partial charge on any atom is -0.495 e. The van der Waals surface area contributed by atoms with Crippen molar-refractivity contribution in [3.05, 3.63) is 47.7 Å². The number of carbonyl (C=O) groups is 1. The number of ether oxygens (including phenoxy) is 3. The quantitative estimate of drug-likeness (QED) is 0.207. The van der Waals surface area contributed by atoms with E-state index in [4.69, 9.17) is 24.9 Å². The van der Waals surface area contributed by atoms with Gasteiger partial charge in [-0.15, -0.1) is 0 Å².